The van der Waals surface area contributed by atoms with Crippen LogP contribution in [-0.4, -0.2) is 37.6 Å². The molecule has 0 radical (unpaired) electrons. The average Bonchev–Trinajstić information content (AvgIpc) is 3.34. The zero-order chi connectivity index (χ0) is 18.6. The first-order valence-corrected chi connectivity index (χ1v) is 9.94. The van der Waals surface area contributed by atoms with Crippen molar-refractivity contribution in [1.29, 1.82) is 0 Å². The van der Waals surface area contributed by atoms with Gasteiger partial charge in [0.15, 0.2) is 5.82 Å². The predicted molar refractivity (Wildman–Crippen MR) is 103 cm³/mol. The average molecular weight is 382 g/mol. The van der Waals surface area contributed by atoms with Gasteiger partial charge in [-0.25, -0.2) is 4.68 Å². The van der Waals surface area contributed by atoms with Crippen molar-refractivity contribution in [3.05, 3.63) is 63.6 Å². The van der Waals surface area contributed by atoms with E-state index < -0.39 is 0 Å². The molecule has 8 heteroatoms. The Morgan fingerprint density at radius 3 is 2.93 bits per heavy atom. The van der Waals surface area contributed by atoms with Gasteiger partial charge in [0, 0.05) is 18.0 Å². The number of carbonyl (C=O) groups is 1. The van der Waals surface area contributed by atoms with E-state index in [1.54, 1.807) is 16.0 Å². The fourth-order valence-corrected chi connectivity index (χ4v) is 4.11. The molecule has 140 valence electrons. The molecule has 4 rings (SSSR count). The molecule has 7 nitrogen and oxygen atoms in total. The minimum absolute atomic E-state index is 0.0176. The van der Waals surface area contributed by atoms with Gasteiger partial charge in [-0.15, -0.1) is 16.4 Å². The van der Waals surface area contributed by atoms with Crippen molar-refractivity contribution in [3.63, 3.8) is 0 Å². The minimum atomic E-state index is -0.0894. The summed E-state index contributed by atoms with van der Waals surface area (Å²) >= 11 is 1.63. The van der Waals surface area contributed by atoms with Crippen molar-refractivity contribution in [2.24, 2.45) is 0 Å². The molecule has 0 aliphatic carbocycles. The van der Waals surface area contributed by atoms with Crippen LogP contribution < -0.4 is 5.32 Å². The molecule has 1 N–H and O–H groups in total. The smallest absolute Gasteiger partial charge is 0.242 e. The Balaban J connectivity index is 1.36. The molecule has 1 aliphatic heterocycles. The highest BCUT2D eigenvalue weighted by molar-refractivity contribution is 7.10. The van der Waals surface area contributed by atoms with E-state index in [0.29, 0.717) is 12.4 Å². The summed E-state index contributed by atoms with van der Waals surface area (Å²) in [5, 5.41) is 16.9. The van der Waals surface area contributed by atoms with E-state index in [1.807, 2.05) is 24.4 Å². The van der Waals surface area contributed by atoms with Gasteiger partial charge in [-0.3, -0.25) is 9.69 Å². The third-order valence-electron chi connectivity index (χ3n) is 4.82. The third-order valence-corrected chi connectivity index (χ3v) is 5.88. The van der Waals surface area contributed by atoms with Gasteiger partial charge in [0.2, 0.25) is 5.91 Å². The Labute approximate surface area is 162 Å². The highest BCUT2D eigenvalue weighted by Gasteiger charge is 2.20. The highest BCUT2D eigenvalue weighted by atomic mass is 32.1. The molecule has 0 fully saturated rings. The quantitative estimate of drug-likeness (QED) is 0.707. The Bertz CT molecular complexity index is 907. The number of aromatic nitrogens is 4. The molecule has 27 heavy (non-hydrogen) atoms. The first-order chi connectivity index (χ1) is 13.2. The van der Waals surface area contributed by atoms with E-state index >= 15 is 0 Å². The maximum atomic E-state index is 12.4. The molecule has 0 saturated carbocycles. The summed E-state index contributed by atoms with van der Waals surface area (Å²) in [5.41, 5.74) is 2.76. The van der Waals surface area contributed by atoms with E-state index in [9.17, 15) is 4.79 Å². The Hall–Kier alpha value is -2.58. The third kappa shape index (κ3) is 4.23. The fourth-order valence-electron chi connectivity index (χ4n) is 3.38. The summed E-state index contributed by atoms with van der Waals surface area (Å²) < 4.78 is 1.59. The molecule has 1 atom stereocenters. The van der Waals surface area contributed by atoms with Crippen LogP contribution >= 0.6 is 11.3 Å². The van der Waals surface area contributed by atoms with Gasteiger partial charge in [0.25, 0.3) is 0 Å². The summed E-state index contributed by atoms with van der Waals surface area (Å²) in [6.07, 6.45) is 1.02. The van der Waals surface area contributed by atoms with Crippen molar-refractivity contribution in [1.82, 2.24) is 30.4 Å². The molecule has 3 aromatic rings. The van der Waals surface area contributed by atoms with E-state index in [1.165, 1.54) is 11.1 Å². The lowest BCUT2D eigenvalue weighted by atomic mass is 10.00. The summed E-state index contributed by atoms with van der Waals surface area (Å²) in [6.45, 7) is 4.59. The van der Waals surface area contributed by atoms with Crippen molar-refractivity contribution >= 4 is 17.2 Å². The zero-order valence-corrected chi connectivity index (χ0v) is 16.0. The monoisotopic (exact) mass is 382 g/mol. The summed E-state index contributed by atoms with van der Waals surface area (Å²) in [5.74, 6) is 0.627. The van der Waals surface area contributed by atoms with Crippen LogP contribution in [0.4, 0.5) is 0 Å². The predicted octanol–water partition coefficient (Wildman–Crippen LogP) is 2.17. The lowest BCUT2D eigenvalue weighted by Gasteiger charge is -2.28. The number of fused-ring (bicyclic) bond motifs is 1. The van der Waals surface area contributed by atoms with Crippen LogP contribution in [-0.2, 0) is 30.8 Å². The summed E-state index contributed by atoms with van der Waals surface area (Å²) in [7, 11) is 0. The van der Waals surface area contributed by atoms with Crippen LogP contribution in [0.25, 0.3) is 0 Å². The van der Waals surface area contributed by atoms with Crippen molar-refractivity contribution < 1.29 is 4.79 Å². The summed E-state index contributed by atoms with van der Waals surface area (Å²) in [4.78, 5) is 15.8. The van der Waals surface area contributed by atoms with E-state index in [2.05, 4.69) is 50.0 Å². The molecule has 1 amide bonds. The molecular formula is C19H22N6OS. The van der Waals surface area contributed by atoms with Crippen LogP contribution in [0.5, 0.6) is 0 Å². The molecule has 0 spiro atoms. The van der Waals surface area contributed by atoms with Crippen LogP contribution in [0.2, 0.25) is 0 Å². The number of thiophene rings is 1. The number of tetrazole rings is 1. The minimum Gasteiger partial charge on any atom is -0.347 e. The SMILES string of the molecule is CC(NC(=O)Cn1nnnc1CN1CCc2ccccc2C1)c1cccs1. The Kier molecular flexibility index (Phi) is 5.26. The van der Waals surface area contributed by atoms with Gasteiger partial charge in [-0.1, -0.05) is 30.3 Å². The van der Waals surface area contributed by atoms with Gasteiger partial charge < -0.3 is 5.32 Å². The van der Waals surface area contributed by atoms with E-state index in [-0.39, 0.29) is 18.5 Å². The number of amides is 1. The standard InChI is InChI=1S/C19H22N6OS/c1-14(17-7-4-10-27-17)20-19(26)13-25-18(21-22-23-25)12-24-9-8-15-5-2-3-6-16(15)11-24/h2-7,10,14H,8-9,11-13H2,1H3,(H,20,26). The topological polar surface area (TPSA) is 75.9 Å². The van der Waals surface area contributed by atoms with Crippen LogP contribution in [0.15, 0.2) is 41.8 Å². The zero-order valence-electron chi connectivity index (χ0n) is 15.2. The number of hydrogen-bond donors (Lipinski definition) is 1. The van der Waals surface area contributed by atoms with Crippen LogP contribution in [0.3, 0.4) is 0 Å². The van der Waals surface area contributed by atoms with Crippen molar-refractivity contribution in [2.75, 3.05) is 6.54 Å². The molecule has 1 unspecified atom stereocenters. The molecule has 1 aromatic carbocycles. The van der Waals surface area contributed by atoms with Gasteiger partial charge in [0.1, 0.15) is 6.54 Å². The summed E-state index contributed by atoms with van der Waals surface area (Å²) in [6, 6.07) is 12.5. The maximum absolute atomic E-state index is 12.4. The van der Waals surface area contributed by atoms with Crippen molar-refractivity contribution in [2.45, 2.75) is 39.0 Å². The van der Waals surface area contributed by atoms with Crippen LogP contribution in [0, 0.1) is 0 Å². The maximum Gasteiger partial charge on any atom is 0.242 e. The van der Waals surface area contributed by atoms with E-state index in [0.717, 1.165) is 24.4 Å². The number of nitrogens with one attached hydrogen (secondary N) is 1. The highest BCUT2D eigenvalue weighted by Crippen LogP contribution is 2.20. The van der Waals surface area contributed by atoms with Crippen LogP contribution in [0.1, 0.15) is 34.8 Å². The molecule has 0 saturated heterocycles. The number of rotatable bonds is 6. The second-order valence-corrected chi connectivity index (χ2v) is 7.77. The van der Waals surface area contributed by atoms with Crippen molar-refractivity contribution in [3.8, 4) is 0 Å². The van der Waals surface area contributed by atoms with E-state index in [4.69, 9.17) is 0 Å². The number of hydrogen-bond acceptors (Lipinski definition) is 6. The lowest BCUT2D eigenvalue weighted by molar-refractivity contribution is -0.122. The van der Waals surface area contributed by atoms with Gasteiger partial charge >= 0.3 is 0 Å². The fraction of sp³-hybridized carbons (Fsp3) is 0.368. The normalized spacial score (nSPS) is 15.3. The first-order valence-electron chi connectivity index (χ1n) is 9.06. The number of carbonyl (C=O) groups excluding carboxylic acids is 1. The molecule has 1 aliphatic rings. The van der Waals surface area contributed by atoms with Gasteiger partial charge in [-0.05, 0) is 46.3 Å². The number of benzene rings is 1. The Morgan fingerprint density at radius 1 is 1.26 bits per heavy atom. The lowest BCUT2D eigenvalue weighted by Crippen LogP contribution is -2.33. The van der Waals surface area contributed by atoms with Gasteiger partial charge in [0.05, 0.1) is 12.6 Å². The Morgan fingerprint density at radius 2 is 2.11 bits per heavy atom. The molecule has 2 aromatic heterocycles. The second-order valence-electron chi connectivity index (χ2n) is 6.79. The molecule has 3 heterocycles. The number of nitrogens with zero attached hydrogens (tertiary/aromatic N) is 5. The molecular weight excluding hydrogens is 360 g/mol. The van der Waals surface area contributed by atoms with Gasteiger partial charge in [-0.2, -0.15) is 0 Å². The first kappa shape index (κ1) is 17.8. The second kappa shape index (κ2) is 7.98. The molecule has 0 bridgehead atoms. The largest absolute Gasteiger partial charge is 0.347 e.